The highest BCUT2D eigenvalue weighted by atomic mass is 35.5. The molecule has 0 aliphatic rings. The molecule has 1 atom stereocenters. The predicted octanol–water partition coefficient (Wildman–Crippen LogP) is 0.900. The highest BCUT2D eigenvalue weighted by Crippen LogP contribution is 2.19. The first-order valence-corrected chi connectivity index (χ1v) is 8.32. The van der Waals surface area contributed by atoms with Crippen molar-refractivity contribution in [3.8, 4) is 0 Å². The first-order valence-electron chi connectivity index (χ1n) is 6.46. The van der Waals surface area contributed by atoms with Crippen LogP contribution in [-0.4, -0.2) is 31.9 Å². The van der Waals surface area contributed by atoms with Gasteiger partial charge >= 0.3 is 0 Å². The minimum atomic E-state index is -3.76. The number of nitrogens with two attached hydrogens (primary N) is 1. The summed E-state index contributed by atoms with van der Waals surface area (Å²) in [6, 6.07) is 1.28. The number of pyridine rings is 1. The minimum absolute atomic E-state index is 0.00734. The number of carbonyl (C=O) groups excluding carboxylic acids is 1. The van der Waals surface area contributed by atoms with Crippen LogP contribution in [0, 0.1) is 0 Å². The number of carbonyl (C=O) groups is 1. The molecule has 1 rings (SSSR count). The van der Waals surface area contributed by atoms with Gasteiger partial charge in [-0.1, -0.05) is 18.5 Å². The second kappa shape index (κ2) is 7.58. The van der Waals surface area contributed by atoms with Gasteiger partial charge in [0.1, 0.15) is 10.7 Å². The summed E-state index contributed by atoms with van der Waals surface area (Å²) in [7, 11) is -3.76. The third kappa shape index (κ3) is 5.49. The molecule has 21 heavy (non-hydrogen) atoms. The summed E-state index contributed by atoms with van der Waals surface area (Å²) in [6.45, 7) is 3.82. The van der Waals surface area contributed by atoms with Gasteiger partial charge in [0.05, 0.1) is 5.02 Å². The Balaban J connectivity index is 2.57. The van der Waals surface area contributed by atoms with E-state index in [1.54, 1.807) is 0 Å². The van der Waals surface area contributed by atoms with E-state index in [1.807, 2.05) is 13.8 Å². The van der Waals surface area contributed by atoms with Gasteiger partial charge in [-0.05, 0) is 19.4 Å². The summed E-state index contributed by atoms with van der Waals surface area (Å²) in [6.07, 6.45) is 1.98. The van der Waals surface area contributed by atoms with E-state index in [-0.39, 0.29) is 40.7 Å². The lowest BCUT2D eigenvalue weighted by atomic mass is 10.2. The summed E-state index contributed by atoms with van der Waals surface area (Å²) in [5.41, 5.74) is 5.42. The highest BCUT2D eigenvalue weighted by molar-refractivity contribution is 7.89. The second-order valence-corrected chi connectivity index (χ2v) is 6.74. The number of aromatic nitrogens is 1. The Kier molecular flexibility index (Phi) is 6.38. The Bertz CT molecular complexity index is 607. The van der Waals surface area contributed by atoms with Crippen molar-refractivity contribution in [2.45, 2.75) is 37.6 Å². The third-order valence-corrected chi connectivity index (χ3v) is 4.55. The van der Waals surface area contributed by atoms with E-state index < -0.39 is 10.0 Å². The van der Waals surface area contributed by atoms with Crippen molar-refractivity contribution in [3.05, 3.63) is 17.3 Å². The standard InChI is InChI=1S/C12H19ClN4O3S/c1-3-8(2)17-11(18)4-5-16-21(19,20)9-6-10(13)12(14)15-7-9/h6-8,16H,3-5H2,1-2H3,(H2,14,15)(H,17,18). The van der Waals surface area contributed by atoms with Gasteiger partial charge in [-0.25, -0.2) is 18.1 Å². The third-order valence-electron chi connectivity index (χ3n) is 2.82. The van der Waals surface area contributed by atoms with Crippen LogP contribution in [0.5, 0.6) is 0 Å². The van der Waals surface area contributed by atoms with Gasteiger partial charge in [-0.15, -0.1) is 0 Å². The fourth-order valence-electron chi connectivity index (χ4n) is 1.41. The summed E-state index contributed by atoms with van der Waals surface area (Å²) in [5.74, 6) is -0.149. The summed E-state index contributed by atoms with van der Waals surface area (Å²) < 4.78 is 26.3. The minimum Gasteiger partial charge on any atom is -0.382 e. The number of nitrogens with one attached hydrogen (secondary N) is 2. The van der Waals surface area contributed by atoms with Gasteiger partial charge < -0.3 is 11.1 Å². The number of halogens is 1. The van der Waals surface area contributed by atoms with Crippen molar-refractivity contribution < 1.29 is 13.2 Å². The number of anilines is 1. The number of hydrogen-bond acceptors (Lipinski definition) is 5. The molecule has 4 N–H and O–H groups in total. The summed E-state index contributed by atoms with van der Waals surface area (Å²) in [4.78, 5) is 15.1. The van der Waals surface area contributed by atoms with E-state index in [9.17, 15) is 13.2 Å². The number of amides is 1. The number of rotatable bonds is 7. The Morgan fingerprint density at radius 2 is 2.19 bits per heavy atom. The Morgan fingerprint density at radius 3 is 2.76 bits per heavy atom. The fourth-order valence-corrected chi connectivity index (χ4v) is 2.64. The smallest absolute Gasteiger partial charge is 0.242 e. The molecule has 1 aromatic heterocycles. The molecule has 0 radical (unpaired) electrons. The van der Waals surface area contributed by atoms with Crippen molar-refractivity contribution in [1.29, 1.82) is 0 Å². The van der Waals surface area contributed by atoms with E-state index in [4.69, 9.17) is 17.3 Å². The maximum Gasteiger partial charge on any atom is 0.242 e. The molecule has 0 saturated heterocycles. The average Bonchev–Trinajstić information content (AvgIpc) is 2.41. The molecule has 1 unspecified atom stereocenters. The van der Waals surface area contributed by atoms with Crippen LogP contribution in [0.15, 0.2) is 17.2 Å². The number of hydrogen-bond donors (Lipinski definition) is 3. The highest BCUT2D eigenvalue weighted by Gasteiger charge is 2.16. The maximum atomic E-state index is 12.0. The molecule has 0 fully saturated rings. The van der Waals surface area contributed by atoms with E-state index in [0.29, 0.717) is 0 Å². The molecule has 0 spiro atoms. The molecule has 118 valence electrons. The monoisotopic (exact) mass is 334 g/mol. The second-order valence-electron chi connectivity index (χ2n) is 4.56. The normalized spacial score (nSPS) is 12.9. The molecule has 1 heterocycles. The van der Waals surface area contributed by atoms with Crippen LogP contribution in [-0.2, 0) is 14.8 Å². The Labute approximate surface area is 129 Å². The van der Waals surface area contributed by atoms with Crippen LogP contribution in [0.3, 0.4) is 0 Å². The van der Waals surface area contributed by atoms with Crippen molar-refractivity contribution in [2.24, 2.45) is 0 Å². The van der Waals surface area contributed by atoms with E-state index in [0.717, 1.165) is 12.6 Å². The molecule has 7 nitrogen and oxygen atoms in total. The number of nitrogen functional groups attached to an aromatic ring is 1. The van der Waals surface area contributed by atoms with E-state index in [2.05, 4.69) is 15.0 Å². The van der Waals surface area contributed by atoms with Gasteiger partial charge in [0.25, 0.3) is 0 Å². The van der Waals surface area contributed by atoms with Gasteiger partial charge in [-0.3, -0.25) is 4.79 Å². The average molecular weight is 335 g/mol. The van der Waals surface area contributed by atoms with E-state index >= 15 is 0 Å². The van der Waals surface area contributed by atoms with Gasteiger partial charge in [0.15, 0.2) is 0 Å². The largest absolute Gasteiger partial charge is 0.382 e. The zero-order valence-electron chi connectivity index (χ0n) is 11.9. The lowest BCUT2D eigenvalue weighted by Crippen LogP contribution is -2.35. The van der Waals surface area contributed by atoms with Crippen molar-refractivity contribution in [1.82, 2.24) is 15.0 Å². The van der Waals surface area contributed by atoms with Crippen LogP contribution in [0.2, 0.25) is 5.02 Å². The topological polar surface area (TPSA) is 114 Å². The molecule has 9 heteroatoms. The summed E-state index contributed by atoms with van der Waals surface area (Å²) in [5, 5.41) is 2.81. The summed E-state index contributed by atoms with van der Waals surface area (Å²) >= 11 is 5.73. The van der Waals surface area contributed by atoms with Crippen LogP contribution < -0.4 is 15.8 Å². The van der Waals surface area contributed by atoms with E-state index in [1.165, 1.54) is 6.07 Å². The molecule has 1 amide bonds. The van der Waals surface area contributed by atoms with Crippen molar-refractivity contribution >= 4 is 33.3 Å². The van der Waals surface area contributed by atoms with Gasteiger partial charge in [0, 0.05) is 25.2 Å². The van der Waals surface area contributed by atoms with Crippen LogP contribution in [0.4, 0.5) is 5.82 Å². The molecule has 1 aromatic rings. The first kappa shape index (κ1) is 17.7. The van der Waals surface area contributed by atoms with Gasteiger partial charge in [-0.2, -0.15) is 0 Å². The molecule has 0 aromatic carbocycles. The maximum absolute atomic E-state index is 12.0. The zero-order chi connectivity index (χ0) is 16.0. The van der Waals surface area contributed by atoms with Crippen LogP contribution in [0.1, 0.15) is 26.7 Å². The zero-order valence-corrected chi connectivity index (χ0v) is 13.5. The van der Waals surface area contributed by atoms with Crippen LogP contribution in [0.25, 0.3) is 0 Å². The molecule has 0 saturated carbocycles. The quantitative estimate of drug-likeness (QED) is 0.685. The van der Waals surface area contributed by atoms with Crippen molar-refractivity contribution in [2.75, 3.05) is 12.3 Å². The molecule has 0 aliphatic heterocycles. The number of sulfonamides is 1. The number of nitrogens with zero attached hydrogens (tertiary/aromatic N) is 1. The van der Waals surface area contributed by atoms with Gasteiger partial charge in [0.2, 0.25) is 15.9 Å². The van der Waals surface area contributed by atoms with Crippen LogP contribution >= 0.6 is 11.6 Å². The Morgan fingerprint density at radius 1 is 1.52 bits per heavy atom. The lowest BCUT2D eigenvalue weighted by molar-refractivity contribution is -0.121. The molecular weight excluding hydrogens is 316 g/mol. The predicted molar refractivity (Wildman–Crippen MR) is 81.4 cm³/mol. The lowest BCUT2D eigenvalue weighted by Gasteiger charge is -2.11. The SMILES string of the molecule is CCC(C)NC(=O)CCNS(=O)(=O)c1cnc(N)c(Cl)c1. The first-order chi connectivity index (χ1) is 9.76. The fraction of sp³-hybridized carbons (Fsp3) is 0.500. The molecule has 0 bridgehead atoms. The van der Waals surface area contributed by atoms with Crippen molar-refractivity contribution in [3.63, 3.8) is 0 Å². The molecular formula is C12H19ClN4O3S. The Hall–Kier alpha value is -1.38. The molecule has 0 aliphatic carbocycles.